The molecule has 0 atom stereocenters. The Bertz CT molecular complexity index is 417. The van der Waals surface area contributed by atoms with Gasteiger partial charge in [0.2, 0.25) is 5.91 Å². The Kier molecular flexibility index (Phi) is 3.76. The van der Waals surface area contributed by atoms with E-state index in [1.54, 1.807) is 0 Å². The van der Waals surface area contributed by atoms with Crippen LogP contribution < -0.4 is 16.0 Å². The number of amides is 1. The van der Waals surface area contributed by atoms with E-state index in [1.165, 1.54) is 5.56 Å². The van der Waals surface area contributed by atoms with Crippen LogP contribution in [-0.4, -0.2) is 26.0 Å². The Labute approximate surface area is 102 Å². The van der Waals surface area contributed by atoms with E-state index in [2.05, 4.69) is 17.4 Å². The summed E-state index contributed by atoms with van der Waals surface area (Å²) in [7, 11) is 1.92. The lowest BCUT2D eigenvalue weighted by Crippen LogP contribution is -2.29. The van der Waals surface area contributed by atoms with Gasteiger partial charge in [-0.05, 0) is 37.2 Å². The first-order valence-electron chi connectivity index (χ1n) is 6.03. The van der Waals surface area contributed by atoms with E-state index in [0.717, 1.165) is 30.8 Å². The van der Waals surface area contributed by atoms with Crippen molar-refractivity contribution in [3.05, 3.63) is 29.3 Å². The number of fused-ring (bicyclic) bond motifs is 1. The van der Waals surface area contributed by atoms with Gasteiger partial charge in [-0.15, -0.1) is 0 Å². The molecular weight excluding hydrogens is 214 g/mol. The fourth-order valence-electron chi connectivity index (χ4n) is 2.25. The molecule has 3 N–H and O–H groups in total. The summed E-state index contributed by atoms with van der Waals surface area (Å²) in [5.74, 6) is 0.190. The molecule has 0 aromatic heterocycles. The number of anilines is 1. The molecule has 4 nitrogen and oxygen atoms in total. The monoisotopic (exact) mass is 233 g/mol. The van der Waals surface area contributed by atoms with Gasteiger partial charge in [0.1, 0.15) is 0 Å². The van der Waals surface area contributed by atoms with Gasteiger partial charge in [0.05, 0.1) is 6.42 Å². The third kappa shape index (κ3) is 2.48. The Hall–Kier alpha value is -1.39. The molecule has 0 saturated heterocycles. The third-order valence-electron chi connectivity index (χ3n) is 3.04. The minimum atomic E-state index is 0.190. The van der Waals surface area contributed by atoms with E-state index < -0.39 is 0 Å². The first-order chi connectivity index (χ1) is 8.26. The van der Waals surface area contributed by atoms with Gasteiger partial charge in [-0.3, -0.25) is 4.79 Å². The van der Waals surface area contributed by atoms with Gasteiger partial charge in [-0.2, -0.15) is 0 Å². The lowest BCUT2D eigenvalue weighted by molar-refractivity contribution is -0.117. The molecular formula is C13H19N3O. The maximum Gasteiger partial charge on any atom is 0.231 e. The SMILES string of the molecule is CNCc1ccc2c(c1)CC(=O)N2CCCN. The van der Waals surface area contributed by atoms with Crippen LogP contribution in [0.1, 0.15) is 17.5 Å². The predicted octanol–water partition coefficient (Wildman–Crippen LogP) is 0.644. The summed E-state index contributed by atoms with van der Waals surface area (Å²) in [6.07, 6.45) is 1.38. The number of nitrogens with one attached hydrogen (secondary N) is 1. The molecule has 0 bridgehead atoms. The number of nitrogens with two attached hydrogens (primary N) is 1. The van der Waals surface area contributed by atoms with Crippen LogP contribution in [0.25, 0.3) is 0 Å². The molecule has 0 fully saturated rings. The van der Waals surface area contributed by atoms with E-state index in [-0.39, 0.29) is 5.91 Å². The molecule has 17 heavy (non-hydrogen) atoms. The van der Waals surface area contributed by atoms with Crippen LogP contribution in [-0.2, 0) is 17.8 Å². The lowest BCUT2D eigenvalue weighted by atomic mass is 10.1. The molecule has 1 aliphatic heterocycles. The van der Waals surface area contributed by atoms with Crippen LogP contribution in [0, 0.1) is 0 Å². The minimum absolute atomic E-state index is 0.190. The summed E-state index contributed by atoms with van der Waals surface area (Å²) >= 11 is 0. The molecule has 0 aliphatic carbocycles. The Morgan fingerprint density at radius 2 is 2.29 bits per heavy atom. The van der Waals surface area contributed by atoms with Gasteiger partial charge in [0, 0.05) is 18.8 Å². The number of carbonyl (C=O) groups excluding carboxylic acids is 1. The van der Waals surface area contributed by atoms with Crippen LogP contribution in [0.4, 0.5) is 5.69 Å². The number of hydrogen-bond donors (Lipinski definition) is 2. The zero-order valence-electron chi connectivity index (χ0n) is 10.2. The number of benzene rings is 1. The standard InChI is InChI=1S/C13H19N3O/c1-15-9-10-3-4-12-11(7-10)8-13(17)16(12)6-2-5-14/h3-4,7,15H,2,5-6,8-9,14H2,1H3. The largest absolute Gasteiger partial charge is 0.330 e. The van der Waals surface area contributed by atoms with Crippen LogP contribution >= 0.6 is 0 Å². The fraction of sp³-hybridized carbons (Fsp3) is 0.462. The first-order valence-corrected chi connectivity index (χ1v) is 6.03. The van der Waals surface area contributed by atoms with Crippen LogP contribution in [0.3, 0.4) is 0 Å². The van der Waals surface area contributed by atoms with E-state index in [0.29, 0.717) is 13.0 Å². The third-order valence-corrected chi connectivity index (χ3v) is 3.04. The van der Waals surface area contributed by atoms with Crippen molar-refractivity contribution in [2.45, 2.75) is 19.4 Å². The van der Waals surface area contributed by atoms with Crippen molar-refractivity contribution < 1.29 is 4.79 Å². The molecule has 1 aliphatic rings. The zero-order chi connectivity index (χ0) is 12.3. The molecule has 0 spiro atoms. The van der Waals surface area contributed by atoms with Crippen molar-refractivity contribution in [2.75, 3.05) is 25.0 Å². The van der Waals surface area contributed by atoms with Gasteiger partial charge in [-0.1, -0.05) is 12.1 Å². The lowest BCUT2D eigenvalue weighted by Gasteiger charge is -2.17. The van der Waals surface area contributed by atoms with E-state index in [1.807, 2.05) is 18.0 Å². The molecule has 0 radical (unpaired) electrons. The highest BCUT2D eigenvalue weighted by Crippen LogP contribution is 2.29. The van der Waals surface area contributed by atoms with Gasteiger partial charge < -0.3 is 16.0 Å². The molecule has 92 valence electrons. The summed E-state index contributed by atoms with van der Waals surface area (Å²) in [6.45, 7) is 2.19. The van der Waals surface area contributed by atoms with Crippen LogP contribution in [0.2, 0.25) is 0 Å². The molecule has 2 rings (SSSR count). The van der Waals surface area contributed by atoms with Gasteiger partial charge in [0.15, 0.2) is 0 Å². The van der Waals surface area contributed by atoms with Crippen molar-refractivity contribution in [3.63, 3.8) is 0 Å². The number of nitrogens with zero attached hydrogens (tertiary/aromatic N) is 1. The molecule has 0 saturated carbocycles. The van der Waals surface area contributed by atoms with E-state index in [9.17, 15) is 4.79 Å². The molecule has 4 heteroatoms. The Balaban J connectivity index is 2.19. The molecule has 1 aromatic rings. The van der Waals surface area contributed by atoms with Crippen molar-refractivity contribution in [1.82, 2.24) is 5.32 Å². The van der Waals surface area contributed by atoms with Crippen LogP contribution in [0.5, 0.6) is 0 Å². The number of carbonyl (C=O) groups is 1. The second kappa shape index (κ2) is 5.29. The smallest absolute Gasteiger partial charge is 0.231 e. The molecule has 1 aromatic carbocycles. The van der Waals surface area contributed by atoms with Crippen molar-refractivity contribution in [2.24, 2.45) is 5.73 Å². The second-order valence-corrected chi connectivity index (χ2v) is 4.36. The zero-order valence-corrected chi connectivity index (χ0v) is 10.2. The van der Waals surface area contributed by atoms with Crippen LogP contribution in [0.15, 0.2) is 18.2 Å². The molecule has 1 amide bonds. The molecule has 1 heterocycles. The summed E-state index contributed by atoms with van der Waals surface area (Å²) < 4.78 is 0. The second-order valence-electron chi connectivity index (χ2n) is 4.36. The predicted molar refractivity (Wildman–Crippen MR) is 68.9 cm³/mol. The average Bonchev–Trinajstić information content (AvgIpc) is 2.62. The Morgan fingerprint density at radius 3 is 3.00 bits per heavy atom. The van der Waals surface area contributed by atoms with E-state index >= 15 is 0 Å². The summed E-state index contributed by atoms with van der Waals surface area (Å²) in [5, 5.41) is 3.12. The maximum atomic E-state index is 11.9. The normalized spacial score (nSPS) is 14.2. The van der Waals surface area contributed by atoms with Crippen molar-refractivity contribution in [1.29, 1.82) is 0 Å². The van der Waals surface area contributed by atoms with Gasteiger partial charge >= 0.3 is 0 Å². The fourth-order valence-corrected chi connectivity index (χ4v) is 2.25. The highest BCUT2D eigenvalue weighted by atomic mass is 16.2. The number of rotatable bonds is 5. The summed E-state index contributed by atoms with van der Waals surface area (Å²) in [5.41, 5.74) is 8.91. The topological polar surface area (TPSA) is 58.4 Å². The maximum absolute atomic E-state index is 11.9. The highest BCUT2D eigenvalue weighted by Gasteiger charge is 2.26. The Morgan fingerprint density at radius 1 is 1.47 bits per heavy atom. The molecule has 0 unspecified atom stereocenters. The van der Waals surface area contributed by atoms with Crippen molar-refractivity contribution in [3.8, 4) is 0 Å². The average molecular weight is 233 g/mol. The van der Waals surface area contributed by atoms with E-state index in [4.69, 9.17) is 5.73 Å². The van der Waals surface area contributed by atoms with Crippen molar-refractivity contribution >= 4 is 11.6 Å². The van der Waals surface area contributed by atoms with Gasteiger partial charge in [0.25, 0.3) is 0 Å². The minimum Gasteiger partial charge on any atom is -0.330 e. The highest BCUT2D eigenvalue weighted by molar-refractivity contribution is 6.01. The summed E-state index contributed by atoms with van der Waals surface area (Å²) in [6, 6.07) is 6.24. The quantitative estimate of drug-likeness (QED) is 0.785. The first kappa shape index (κ1) is 12.1. The van der Waals surface area contributed by atoms with Gasteiger partial charge in [-0.25, -0.2) is 0 Å². The summed E-state index contributed by atoms with van der Waals surface area (Å²) in [4.78, 5) is 13.7. The number of hydrogen-bond acceptors (Lipinski definition) is 3.